The molecule has 0 N–H and O–H groups in total. The lowest BCUT2D eigenvalue weighted by atomic mass is 9.98. The SMILES string of the molecule is C=C(C)/C(F)=C(/F)C(=C)C(=C)/C(F)=C(/F)C(=C)C(C)COC(C)C. The van der Waals surface area contributed by atoms with Gasteiger partial charge in [0.15, 0.2) is 23.3 Å². The number of hydrogen-bond donors (Lipinski definition) is 0. The minimum atomic E-state index is -1.44. The van der Waals surface area contributed by atoms with Crippen molar-refractivity contribution in [2.24, 2.45) is 5.92 Å². The van der Waals surface area contributed by atoms with Crippen LogP contribution in [0.5, 0.6) is 0 Å². The molecule has 0 aliphatic carbocycles. The van der Waals surface area contributed by atoms with Gasteiger partial charge in [0, 0.05) is 17.1 Å². The van der Waals surface area contributed by atoms with E-state index in [-0.39, 0.29) is 23.9 Å². The molecule has 0 rings (SSSR count). The first-order chi connectivity index (χ1) is 10.9. The summed E-state index contributed by atoms with van der Waals surface area (Å²) < 4.78 is 61.0. The van der Waals surface area contributed by atoms with Crippen LogP contribution in [0.3, 0.4) is 0 Å². The highest BCUT2D eigenvalue weighted by atomic mass is 19.2. The van der Waals surface area contributed by atoms with E-state index in [1.54, 1.807) is 20.8 Å². The van der Waals surface area contributed by atoms with Gasteiger partial charge in [-0.2, -0.15) is 0 Å². The zero-order valence-corrected chi connectivity index (χ0v) is 14.6. The van der Waals surface area contributed by atoms with Crippen LogP contribution in [-0.2, 0) is 4.74 Å². The third kappa shape index (κ3) is 5.96. The lowest BCUT2D eigenvalue weighted by Gasteiger charge is -2.16. The number of rotatable bonds is 9. The maximum Gasteiger partial charge on any atom is 0.166 e. The smallest absolute Gasteiger partial charge is 0.166 e. The van der Waals surface area contributed by atoms with Gasteiger partial charge in [-0.25, -0.2) is 17.6 Å². The van der Waals surface area contributed by atoms with E-state index in [1.807, 2.05) is 0 Å². The molecule has 0 aliphatic rings. The van der Waals surface area contributed by atoms with Crippen LogP contribution < -0.4 is 0 Å². The summed E-state index contributed by atoms with van der Waals surface area (Å²) in [5.41, 5.74) is -1.75. The Morgan fingerprint density at radius 1 is 0.792 bits per heavy atom. The van der Waals surface area contributed by atoms with Gasteiger partial charge in [0.1, 0.15) is 0 Å². The standard InChI is InChI=1S/C19H24F4O/c1-10(2)16(20)18(22)14(7)15(8)19(23)17(21)13(6)12(5)9-24-11(3)4/h11-12H,1,6-9H2,2-5H3/b18-16-,19-17-. The summed E-state index contributed by atoms with van der Waals surface area (Å²) in [5.74, 6) is -5.95. The molecule has 0 radical (unpaired) electrons. The molecule has 134 valence electrons. The van der Waals surface area contributed by atoms with Crippen LogP contribution in [0, 0.1) is 5.92 Å². The van der Waals surface area contributed by atoms with Crippen LogP contribution in [0.2, 0.25) is 0 Å². The second-order valence-electron chi connectivity index (χ2n) is 5.80. The number of allylic oxidation sites excluding steroid dienone is 7. The molecule has 0 aromatic carbocycles. The monoisotopic (exact) mass is 344 g/mol. The van der Waals surface area contributed by atoms with E-state index in [4.69, 9.17) is 4.74 Å². The van der Waals surface area contributed by atoms with Crippen LogP contribution in [0.1, 0.15) is 27.7 Å². The molecule has 0 aromatic rings. The van der Waals surface area contributed by atoms with Crippen molar-refractivity contribution in [1.82, 2.24) is 0 Å². The molecule has 0 aromatic heterocycles. The first-order valence-corrected chi connectivity index (χ1v) is 7.37. The lowest BCUT2D eigenvalue weighted by molar-refractivity contribution is 0.0625. The van der Waals surface area contributed by atoms with E-state index < -0.39 is 40.4 Å². The summed E-state index contributed by atoms with van der Waals surface area (Å²) in [5, 5.41) is 0. The summed E-state index contributed by atoms with van der Waals surface area (Å²) in [6.07, 6.45) is -0.0729. The van der Waals surface area contributed by atoms with Crippen LogP contribution in [-0.4, -0.2) is 12.7 Å². The van der Waals surface area contributed by atoms with Gasteiger partial charge < -0.3 is 4.74 Å². The van der Waals surface area contributed by atoms with Gasteiger partial charge in [0.05, 0.1) is 12.7 Å². The van der Waals surface area contributed by atoms with Gasteiger partial charge >= 0.3 is 0 Å². The van der Waals surface area contributed by atoms with E-state index in [2.05, 4.69) is 26.3 Å². The Kier molecular flexibility index (Phi) is 8.69. The average Bonchev–Trinajstić information content (AvgIpc) is 2.54. The number of hydrogen-bond acceptors (Lipinski definition) is 1. The topological polar surface area (TPSA) is 9.23 Å². The first-order valence-electron chi connectivity index (χ1n) is 7.37. The van der Waals surface area contributed by atoms with Crippen molar-refractivity contribution >= 4 is 0 Å². The van der Waals surface area contributed by atoms with Crippen molar-refractivity contribution in [3.8, 4) is 0 Å². The Bertz CT molecular complexity index is 609. The van der Waals surface area contributed by atoms with Gasteiger partial charge in [-0.1, -0.05) is 33.2 Å². The van der Waals surface area contributed by atoms with E-state index in [9.17, 15) is 17.6 Å². The number of ether oxygens (including phenoxy) is 1. The van der Waals surface area contributed by atoms with Crippen molar-refractivity contribution in [2.75, 3.05) is 6.61 Å². The third-order valence-corrected chi connectivity index (χ3v) is 3.21. The van der Waals surface area contributed by atoms with Crippen molar-refractivity contribution in [2.45, 2.75) is 33.8 Å². The van der Waals surface area contributed by atoms with E-state index in [0.717, 1.165) is 0 Å². The second kappa shape index (κ2) is 9.42. The molecule has 0 saturated carbocycles. The van der Waals surface area contributed by atoms with E-state index >= 15 is 0 Å². The number of halogens is 4. The second-order valence-corrected chi connectivity index (χ2v) is 5.80. The Labute approximate surface area is 141 Å². The summed E-state index contributed by atoms with van der Waals surface area (Å²) in [6, 6.07) is 0. The molecule has 1 atom stereocenters. The van der Waals surface area contributed by atoms with Crippen molar-refractivity contribution in [1.29, 1.82) is 0 Å². The molecule has 0 fully saturated rings. The molecule has 1 unspecified atom stereocenters. The fraction of sp³-hybridized carbons (Fsp3) is 0.368. The summed E-state index contributed by atoms with van der Waals surface area (Å²) in [6.45, 7) is 19.8. The predicted octanol–water partition coefficient (Wildman–Crippen LogP) is 6.59. The van der Waals surface area contributed by atoms with Gasteiger partial charge in [0.2, 0.25) is 0 Å². The predicted molar refractivity (Wildman–Crippen MR) is 91.0 cm³/mol. The minimum absolute atomic E-state index is 0.0729. The Balaban J connectivity index is 5.38. The van der Waals surface area contributed by atoms with Gasteiger partial charge in [-0.05, 0) is 31.9 Å². The molecule has 0 saturated heterocycles. The Morgan fingerprint density at radius 2 is 1.21 bits per heavy atom. The normalized spacial score (nSPS) is 14.7. The summed E-state index contributed by atoms with van der Waals surface area (Å²) >= 11 is 0. The largest absolute Gasteiger partial charge is 0.378 e. The van der Waals surface area contributed by atoms with E-state index in [0.29, 0.717) is 0 Å². The van der Waals surface area contributed by atoms with Crippen molar-refractivity contribution < 1.29 is 22.3 Å². The fourth-order valence-electron chi connectivity index (χ4n) is 1.51. The quantitative estimate of drug-likeness (QED) is 0.338. The molecule has 5 heteroatoms. The molecular formula is C19H24F4O. The summed E-state index contributed by atoms with van der Waals surface area (Å²) in [7, 11) is 0. The fourth-order valence-corrected chi connectivity index (χ4v) is 1.51. The molecule has 24 heavy (non-hydrogen) atoms. The minimum Gasteiger partial charge on any atom is -0.378 e. The van der Waals surface area contributed by atoms with Crippen LogP contribution >= 0.6 is 0 Å². The molecular weight excluding hydrogens is 320 g/mol. The Hall–Kier alpha value is -1.88. The van der Waals surface area contributed by atoms with Crippen LogP contribution in [0.15, 0.2) is 71.9 Å². The molecule has 0 spiro atoms. The third-order valence-electron chi connectivity index (χ3n) is 3.21. The lowest BCUT2D eigenvalue weighted by Crippen LogP contribution is -2.13. The average molecular weight is 344 g/mol. The van der Waals surface area contributed by atoms with Gasteiger partial charge in [0.25, 0.3) is 0 Å². The molecule has 0 amide bonds. The highest BCUT2D eigenvalue weighted by Crippen LogP contribution is 2.34. The zero-order valence-electron chi connectivity index (χ0n) is 14.6. The van der Waals surface area contributed by atoms with Crippen molar-refractivity contribution in [3.63, 3.8) is 0 Å². The Morgan fingerprint density at radius 3 is 1.58 bits per heavy atom. The maximum absolute atomic E-state index is 14.2. The van der Waals surface area contributed by atoms with Crippen LogP contribution in [0.25, 0.3) is 0 Å². The highest BCUT2D eigenvalue weighted by Gasteiger charge is 2.22. The maximum atomic E-state index is 14.2. The van der Waals surface area contributed by atoms with Crippen molar-refractivity contribution in [3.05, 3.63) is 71.9 Å². The molecule has 0 aliphatic heterocycles. The van der Waals surface area contributed by atoms with Gasteiger partial charge in [-0.3, -0.25) is 0 Å². The molecule has 0 bridgehead atoms. The summed E-state index contributed by atoms with van der Waals surface area (Å²) in [4.78, 5) is 0. The zero-order chi connectivity index (χ0) is 19.2. The molecule has 0 heterocycles. The first kappa shape index (κ1) is 22.1. The highest BCUT2D eigenvalue weighted by molar-refractivity contribution is 5.53. The van der Waals surface area contributed by atoms with Gasteiger partial charge in [-0.15, -0.1) is 0 Å². The van der Waals surface area contributed by atoms with Crippen LogP contribution in [0.4, 0.5) is 17.6 Å². The van der Waals surface area contributed by atoms with E-state index in [1.165, 1.54) is 6.92 Å². The molecule has 1 nitrogen and oxygen atoms in total.